The van der Waals surface area contributed by atoms with E-state index in [1.54, 1.807) is 0 Å². The first kappa shape index (κ1) is 16.1. The number of rotatable bonds is 6. The molecule has 6 nitrogen and oxygen atoms in total. The molecule has 0 radical (unpaired) electrons. The lowest BCUT2D eigenvalue weighted by molar-refractivity contribution is -0.113. The molecule has 1 amide bonds. The predicted octanol–water partition coefficient (Wildman–Crippen LogP) is 2.71. The van der Waals surface area contributed by atoms with Crippen molar-refractivity contribution in [2.45, 2.75) is 11.6 Å². The number of nitrogens with zero attached hydrogens (tertiary/aromatic N) is 2. The van der Waals surface area contributed by atoms with E-state index in [2.05, 4.69) is 32.6 Å². The van der Waals surface area contributed by atoms with Crippen LogP contribution in [0.15, 0.2) is 59.8 Å². The van der Waals surface area contributed by atoms with Crippen LogP contribution in [0.1, 0.15) is 11.1 Å². The van der Waals surface area contributed by atoms with Gasteiger partial charge in [-0.3, -0.25) is 4.79 Å². The average molecular weight is 339 g/mol. The minimum absolute atomic E-state index is 0.108. The van der Waals surface area contributed by atoms with Crippen LogP contribution in [0.5, 0.6) is 0 Å². The minimum atomic E-state index is -0.108. The molecule has 3 rings (SSSR count). The number of aromatic nitrogens is 3. The number of nitrogen functional groups attached to an aromatic ring is 1. The first-order chi connectivity index (χ1) is 11.7. The van der Waals surface area contributed by atoms with Crippen molar-refractivity contribution >= 4 is 29.3 Å². The molecule has 7 heteroatoms. The monoisotopic (exact) mass is 339 g/mol. The van der Waals surface area contributed by atoms with Crippen molar-refractivity contribution in [3.8, 4) is 0 Å². The molecule has 1 heterocycles. The third-order valence-electron chi connectivity index (χ3n) is 3.34. The van der Waals surface area contributed by atoms with Crippen LogP contribution in [0.2, 0.25) is 0 Å². The molecule has 0 spiro atoms. The van der Waals surface area contributed by atoms with Crippen LogP contribution < -0.4 is 11.1 Å². The number of benzene rings is 2. The number of carbonyl (C=O) groups is 1. The fourth-order valence-corrected chi connectivity index (χ4v) is 2.86. The molecule has 0 bridgehead atoms. The number of amides is 1. The summed E-state index contributed by atoms with van der Waals surface area (Å²) in [6.07, 6.45) is 0.766. The number of thioether (sulfide) groups is 1. The highest BCUT2D eigenvalue weighted by atomic mass is 32.2. The summed E-state index contributed by atoms with van der Waals surface area (Å²) in [6, 6.07) is 18.0. The van der Waals surface area contributed by atoms with E-state index in [0.717, 1.165) is 17.7 Å². The summed E-state index contributed by atoms with van der Waals surface area (Å²) in [5.41, 5.74) is 8.55. The van der Waals surface area contributed by atoms with Gasteiger partial charge in [0.1, 0.15) is 0 Å². The fourth-order valence-electron chi connectivity index (χ4n) is 2.25. The van der Waals surface area contributed by atoms with E-state index >= 15 is 0 Å². The summed E-state index contributed by atoms with van der Waals surface area (Å²) in [4.78, 5) is 16.1. The topological polar surface area (TPSA) is 96.7 Å². The van der Waals surface area contributed by atoms with E-state index in [1.165, 1.54) is 17.3 Å². The van der Waals surface area contributed by atoms with Gasteiger partial charge in [-0.2, -0.15) is 4.98 Å². The number of nitrogens with two attached hydrogens (primary N) is 1. The molecule has 0 aliphatic rings. The molecule has 24 heavy (non-hydrogen) atoms. The maximum absolute atomic E-state index is 12.2. The van der Waals surface area contributed by atoms with Gasteiger partial charge >= 0.3 is 0 Å². The molecule has 0 aliphatic carbocycles. The molecule has 0 atom stereocenters. The first-order valence-electron chi connectivity index (χ1n) is 7.43. The van der Waals surface area contributed by atoms with Crippen molar-refractivity contribution in [3.63, 3.8) is 0 Å². The normalized spacial score (nSPS) is 10.5. The number of anilines is 2. The number of hydrogen-bond donors (Lipinski definition) is 3. The Balaban J connectivity index is 1.63. The van der Waals surface area contributed by atoms with E-state index in [0.29, 0.717) is 5.16 Å². The van der Waals surface area contributed by atoms with E-state index < -0.39 is 0 Å². The summed E-state index contributed by atoms with van der Waals surface area (Å²) in [5, 5.41) is 9.84. The Morgan fingerprint density at radius 1 is 1.12 bits per heavy atom. The van der Waals surface area contributed by atoms with Gasteiger partial charge in [0.25, 0.3) is 0 Å². The molecule has 0 aliphatic heterocycles. The molecular weight excluding hydrogens is 322 g/mol. The second kappa shape index (κ2) is 7.65. The lowest BCUT2D eigenvalue weighted by Crippen LogP contribution is -2.15. The molecule has 2 aromatic carbocycles. The maximum atomic E-state index is 12.2. The van der Waals surface area contributed by atoms with Crippen LogP contribution in [-0.4, -0.2) is 26.8 Å². The van der Waals surface area contributed by atoms with Gasteiger partial charge in [0.05, 0.1) is 5.75 Å². The summed E-state index contributed by atoms with van der Waals surface area (Å²) >= 11 is 1.23. The summed E-state index contributed by atoms with van der Waals surface area (Å²) in [6.45, 7) is 0. The molecule has 1 aromatic heterocycles. The largest absolute Gasteiger partial charge is 0.368 e. The molecule has 0 saturated heterocycles. The van der Waals surface area contributed by atoms with Crippen molar-refractivity contribution in [1.29, 1.82) is 0 Å². The second-order valence-electron chi connectivity index (χ2n) is 5.16. The maximum Gasteiger partial charge on any atom is 0.234 e. The molecule has 4 N–H and O–H groups in total. The Labute approximate surface area is 143 Å². The molecule has 122 valence electrons. The van der Waals surface area contributed by atoms with Crippen LogP contribution in [0.25, 0.3) is 0 Å². The fraction of sp³-hybridized carbons (Fsp3) is 0.118. The third-order valence-corrected chi connectivity index (χ3v) is 4.19. The minimum Gasteiger partial charge on any atom is -0.368 e. The van der Waals surface area contributed by atoms with Gasteiger partial charge in [-0.15, -0.1) is 5.10 Å². The van der Waals surface area contributed by atoms with Gasteiger partial charge in [0, 0.05) is 5.69 Å². The van der Waals surface area contributed by atoms with E-state index in [9.17, 15) is 4.79 Å². The van der Waals surface area contributed by atoms with Crippen LogP contribution >= 0.6 is 11.8 Å². The van der Waals surface area contributed by atoms with Crippen molar-refractivity contribution < 1.29 is 4.79 Å². The van der Waals surface area contributed by atoms with Gasteiger partial charge in [-0.1, -0.05) is 60.3 Å². The third kappa shape index (κ3) is 4.36. The molecular formula is C17H17N5OS. The highest BCUT2D eigenvalue weighted by Gasteiger charge is 2.09. The number of aromatic amines is 1. The van der Waals surface area contributed by atoms with Crippen LogP contribution in [0, 0.1) is 0 Å². The highest BCUT2D eigenvalue weighted by molar-refractivity contribution is 7.99. The summed E-state index contributed by atoms with van der Waals surface area (Å²) in [5.74, 6) is 0.353. The van der Waals surface area contributed by atoms with Gasteiger partial charge in [-0.25, -0.2) is 5.10 Å². The van der Waals surface area contributed by atoms with E-state index in [1.807, 2.05) is 42.5 Å². The van der Waals surface area contributed by atoms with Crippen molar-refractivity contribution in [2.75, 3.05) is 16.8 Å². The number of para-hydroxylation sites is 1. The number of nitrogens with one attached hydrogen (secondary N) is 2. The Morgan fingerprint density at radius 2 is 1.88 bits per heavy atom. The van der Waals surface area contributed by atoms with Crippen molar-refractivity contribution in [2.24, 2.45) is 0 Å². The van der Waals surface area contributed by atoms with Crippen LogP contribution in [-0.2, 0) is 11.2 Å². The zero-order valence-electron chi connectivity index (χ0n) is 12.9. The summed E-state index contributed by atoms with van der Waals surface area (Å²) < 4.78 is 0. The van der Waals surface area contributed by atoms with E-state index in [4.69, 9.17) is 5.73 Å². The summed E-state index contributed by atoms with van der Waals surface area (Å²) in [7, 11) is 0. The highest BCUT2D eigenvalue weighted by Crippen LogP contribution is 2.20. The van der Waals surface area contributed by atoms with Crippen molar-refractivity contribution in [3.05, 3.63) is 65.7 Å². The van der Waals surface area contributed by atoms with E-state index in [-0.39, 0.29) is 17.6 Å². The zero-order chi connectivity index (χ0) is 16.8. The Bertz CT molecular complexity index is 819. The van der Waals surface area contributed by atoms with Crippen molar-refractivity contribution in [1.82, 2.24) is 15.2 Å². The lowest BCUT2D eigenvalue weighted by atomic mass is 10.0. The van der Waals surface area contributed by atoms with Gasteiger partial charge in [0.2, 0.25) is 17.0 Å². The van der Waals surface area contributed by atoms with Crippen LogP contribution in [0.4, 0.5) is 11.6 Å². The van der Waals surface area contributed by atoms with Gasteiger partial charge < -0.3 is 11.1 Å². The molecule has 0 unspecified atom stereocenters. The Kier molecular flexibility index (Phi) is 5.12. The first-order valence-corrected chi connectivity index (χ1v) is 8.41. The zero-order valence-corrected chi connectivity index (χ0v) is 13.7. The SMILES string of the molecule is Nc1nc(SCC(=O)Nc2ccccc2Cc2ccccc2)n[nH]1. The van der Waals surface area contributed by atoms with Crippen LogP contribution in [0.3, 0.4) is 0 Å². The second-order valence-corrected chi connectivity index (χ2v) is 6.10. The lowest BCUT2D eigenvalue weighted by Gasteiger charge is -2.11. The standard InChI is InChI=1S/C17H17N5OS/c18-16-20-17(22-21-16)24-11-15(23)19-14-9-5-4-8-13(14)10-12-6-2-1-3-7-12/h1-9H,10-11H2,(H,19,23)(H3,18,20,21,22). The number of carbonyl (C=O) groups excluding carboxylic acids is 1. The predicted molar refractivity (Wildman–Crippen MR) is 95.8 cm³/mol. The molecule has 3 aromatic rings. The smallest absolute Gasteiger partial charge is 0.234 e. The average Bonchev–Trinajstić information content (AvgIpc) is 3.01. The van der Waals surface area contributed by atoms with Gasteiger partial charge in [0.15, 0.2) is 0 Å². The number of hydrogen-bond acceptors (Lipinski definition) is 5. The Morgan fingerprint density at radius 3 is 2.62 bits per heavy atom. The number of H-pyrrole nitrogens is 1. The molecule has 0 saturated carbocycles. The quantitative estimate of drug-likeness (QED) is 0.600. The Hall–Kier alpha value is -2.80. The molecule has 0 fully saturated rings. The van der Waals surface area contributed by atoms with Gasteiger partial charge in [-0.05, 0) is 23.6 Å².